The molecule has 1 aliphatic carbocycles. The Bertz CT molecular complexity index is 1040. The second-order valence-electron chi connectivity index (χ2n) is 8.60. The Hall–Kier alpha value is -2.64. The van der Waals surface area contributed by atoms with Gasteiger partial charge in [-0.2, -0.15) is 0 Å². The third-order valence-electron chi connectivity index (χ3n) is 6.20. The number of halogens is 2. The zero-order chi connectivity index (χ0) is 24.7. The van der Waals surface area contributed by atoms with Crippen LogP contribution in [-0.2, 0) is 22.6 Å². The van der Waals surface area contributed by atoms with Crippen molar-refractivity contribution in [3.63, 3.8) is 0 Å². The lowest BCUT2D eigenvalue weighted by Crippen LogP contribution is -2.52. The van der Waals surface area contributed by atoms with Crippen molar-refractivity contribution in [1.82, 2.24) is 10.2 Å². The van der Waals surface area contributed by atoms with E-state index >= 15 is 0 Å². The first-order chi connectivity index (χ1) is 16.3. The van der Waals surface area contributed by atoms with E-state index in [0.29, 0.717) is 27.6 Å². The van der Waals surface area contributed by atoms with E-state index in [0.717, 1.165) is 25.7 Å². The normalized spacial score (nSPS) is 14.9. The van der Waals surface area contributed by atoms with E-state index in [-0.39, 0.29) is 36.5 Å². The van der Waals surface area contributed by atoms with E-state index in [4.69, 9.17) is 23.2 Å². The third-order valence-corrected chi connectivity index (χ3v) is 6.94. The zero-order valence-electron chi connectivity index (χ0n) is 19.1. The number of nitrogens with zero attached hydrogens (tertiary/aromatic N) is 2. The van der Waals surface area contributed by atoms with Gasteiger partial charge in [-0.25, -0.2) is 0 Å². The molecule has 0 radical (unpaired) electrons. The van der Waals surface area contributed by atoms with Gasteiger partial charge in [0, 0.05) is 24.2 Å². The summed E-state index contributed by atoms with van der Waals surface area (Å²) in [6.45, 7) is 1.98. The number of hydrogen-bond donors (Lipinski definition) is 1. The van der Waals surface area contributed by atoms with Crippen molar-refractivity contribution in [2.45, 2.75) is 70.5 Å². The minimum Gasteiger partial charge on any atom is -0.352 e. The molecule has 2 amide bonds. The van der Waals surface area contributed by atoms with Gasteiger partial charge in [-0.15, -0.1) is 0 Å². The molecule has 0 spiro atoms. The highest BCUT2D eigenvalue weighted by Crippen LogP contribution is 2.26. The number of carbonyl (C=O) groups excluding carboxylic acids is 2. The summed E-state index contributed by atoms with van der Waals surface area (Å²) in [5.74, 6) is -0.573. The van der Waals surface area contributed by atoms with Crippen LogP contribution in [0.4, 0.5) is 5.69 Å². The summed E-state index contributed by atoms with van der Waals surface area (Å²) in [5, 5.41) is 15.3. The number of benzene rings is 2. The maximum Gasteiger partial charge on any atom is 0.273 e. The van der Waals surface area contributed by atoms with Gasteiger partial charge in [0.1, 0.15) is 6.04 Å². The second-order valence-corrected chi connectivity index (χ2v) is 9.41. The number of nitro benzene ring substituents is 1. The molecule has 1 atom stereocenters. The van der Waals surface area contributed by atoms with Crippen LogP contribution in [0.1, 0.15) is 56.6 Å². The molecular formula is C25H29Cl2N3O4. The Balaban J connectivity index is 1.88. The van der Waals surface area contributed by atoms with E-state index in [9.17, 15) is 19.7 Å². The number of carbonyl (C=O) groups is 2. The SMILES string of the molecule is CC[C@@H](C(=O)NC1CCCCC1)N(Cc1ccc(Cl)c(Cl)c1)C(=O)Cc1ccccc1[N+](=O)[O-]. The maximum atomic E-state index is 13.5. The van der Waals surface area contributed by atoms with Gasteiger partial charge in [-0.3, -0.25) is 19.7 Å². The highest BCUT2D eigenvalue weighted by atomic mass is 35.5. The Morgan fingerprint density at radius 2 is 1.82 bits per heavy atom. The van der Waals surface area contributed by atoms with Crippen molar-refractivity contribution in [1.29, 1.82) is 0 Å². The molecular weight excluding hydrogens is 477 g/mol. The molecule has 2 aromatic rings. The fraction of sp³-hybridized carbons (Fsp3) is 0.440. The zero-order valence-corrected chi connectivity index (χ0v) is 20.6. The van der Waals surface area contributed by atoms with Crippen LogP contribution in [0.25, 0.3) is 0 Å². The lowest BCUT2D eigenvalue weighted by Gasteiger charge is -2.33. The van der Waals surface area contributed by atoms with Crippen LogP contribution in [0.5, 0.6) is 0 Å². The fourth-order valence-electron chi connectivity index (χ4n) is 4.40. The van der Waals surface area contributed by atoms with Crippen molar-refractivity contribution in [2.75, 3.05) is 0 Å². The minimum atomic E-state index is -0.716. The molecule has 0 bridgehead atoms. The molecule has 182 valence electrons. The van der Waals surface area contributed by atoms with E-state index < -0.39 is 11.0 Å². The Labute approximate surface area is 209 Å². The Morgan fingerprint density at radius 3 is 2.47 bits per heavy atom. The first kappa shape index (κ1) is 26.0. The average molecular weight is 506 g/mol. The lowest BCUT2D eigenvalue weighted by atomic mass is 9.95. The van der Waals surface area contributed by atoms with E-state index in [2.05, 4.69) is 5.32 Å². The van der Waals surface area contributed by atoms with Crippen LogP contribution in [-0.4, -0.2) is 33.7 Å². The summed E-state index contributed by atoms with van der Waals surface area (Å²) in [6, 6.07) is 10.6. The Morgan fingerprint density at radius 1 is 1.12 bits per heavy atom. The topological polar surface area (TPSA) is 92.6 Å². The minimum absolute atomic E-state index is 0.104. The van der Waals surface area contributed by atoms with E-state index in [1.54, 1.807) is 36.4 Å². The summed E-state index contributed by atoms with van der Waals surface area (Å²) < 4.78 is 0. The second kappa shape index (κ2) is 12.2. The molecule has 0 saturated heterocycles. The molecule has 7 nitrogen and oxygen atoms in total. The van der Waals surface area contributed by atoms with Crippen molar-refractivity contribution >= 4 is 40.7 Å². The van der Waals surface area contributed by atoms with Crippen LogP contribution in [0.3, 0.4) is 0 Å². The van der Waals surface area contributed by atoms with Gasteiger partial charge in [0.2, 0.25) is 11.8 Å². The number of amides is 2. The van der Waals surface area contributed by atoms with E-state index in [1.807, 2.05) is 6.92 Å². The quantitative estimate of drug-likeness (QED) is 0.349. The van der Waals surface area contributed by atoms with Gasteiger partial charge in [-0.1, -0.05) is 73.7 Å². The smallest absolute Gasteiger partial charge is 0.273 e. The molecule has 0 unspecified atom stereocenters. The number of hydrogen-bond acceptors (Lipinski definition) is 4. The maximum absolute atomic E-state index is 13.5. The van der Waals surface area contributed by atoms with Crippen molar-refractivity contribution in [3.8, 4) is 0 Å². The summed E-state index contributed by atoms with van der Waals surface area (Å²) >= 11 is 12.2. The molecule has 3 rings (SSSR count). The van der Waals surface area contributed by atoms with Crippen molar-refractivity contribution in [3.05, 3.63) is 73.8 Å². The van der Waals surface area contributed by atoms with E-state index in [1.165, 1.54) is 17.4 Å². The summed E-state index contributed by atoms with van der Waals surface area (Å²) in [6.07, 6.45) is 5.39. The summed E-state index contributed by atoms with van der Waals surface area (Å²) in [5.41, 5.74) is 0.901. The van der Waals surface area contributed by atoms with Gasteiger partial charge >= 0.3 is 0 Å². The molecule has 0 heterocycles. The Kier molecular flexibility index (Phi) is 9.30. The number of nitro groups is 1. The predicted octanol–water partition coefficient (Wildman–Crippen LogP) is 5.70. The van der Waals surface area contributed by atoms with Gasteiger partial charge < -0.3 is 10.2 Å². The first-order valence-corrected chi connectivity index (χ1v) is 12.3. The van der Waals surface area contributed by atoms with Crippen LogP contribution < -0.4 is 5.32 Å². The van der Waals surface area contributed by atoms with Gasteiger partial charge in [-0.05, 0) is 37.0 Å². The molecule has 2 aromatic carbocycles. The molecule has 0 aliphatic heterocycles. The predicted molar refractivity (Wildman–Crippen MR) is 133 cm³/mol. The molecule has 1 aliphatic rings. The summed E-state index contributed by atoms with van der Waals surface area (Å²) in [7, 11) is 0. The first-order valence-electron chi connectivity index (χ1n) is 11.6. The van der Waals surface area contributed by atoms with Gasteiger partial charge in [0.05, 0.1) is 21.4 Å². The number of para-hydroxylation sites is 1. The highest BCUT2D eigenvalue weighted by Gasteiger charge is 2.31. The van der Waals surface area contributed by atoms with Crippen molar-refractivity contribution < 1.29 is 14.5 Å². The van der Waals surface area contributed by atoms with Crippen LogP contribution in [0, 0.1) is 10.1 Å². The van der Waals surface area contributed by atoms with Crippen LogP contribution >= 0.6 is 23.2 Å². The van der Waals surface area contributed by atoms with Gasteiger partial charge in [0.25, 0.3) is 5.69 Å². The molecule has 0 aromatic heterocycles. The van der Waals surface area contributed by atoms with Crippen LogP contribution in [0.15, 0.2) is 42.5 Å². The van der Waals surface area contributed by atoms with Gasteiger partial charge in [0.15, 0.2) is 0 Å². The van der Waals surface area contributed by atoms with Crippen LogP contribution in [0.2, 0.25) is 10.0 Å². The average Bonchev–Trinajstić information content (AvgIpc) is 2.82. The number of rotatable bonds is 9. The fourth-order valence-corrected chi connectivity index (χ4v) is 4.72. The molecule has 9 heteroatoms. The summed E-state index contributed by atoms with van der Waals surface area (Å²) in [4.78, 5) is 39.2. The molecule has 34 heavy (non-hydrogen) atoms. The highest BCUT2D eigenvalue weighted by molar-refractivity contribution is 6.42. The molecule has 1 fully saturated rings. The molecule has 1 N–H and O–H groups in total. The number of nitrogens with one attached hydrogen (secondary N) is 1. The third kappa shape index (κ3) is 6.70. The monoisotopic (exact) mass is 505 g/mol. The lowest BCUT2D eigenvalue weighted by molar-refractivity contribution is -0.385. The van der Waals surface area contributed by atoms with Crippen molar-refractivity contribution in [2.24, 2.45) is 0 Å². The largest absolute Gasteiger partial charge is 0.352 e. The molecule has 1 saturated carbocycles. The standard InChI is InChI=1S/C25H29Cl2N3O4/c1-2-22(25(32)28-19-9-4-3-5-10-19)29(16-17-12-13-20(26)21(27)14-17)24(31)15-18-8-6-7-11-23(18)30(33)34/h6-8,11-14,19,22H,2-5,9-10,15-16H2,1H3,(H,28,32)/t22-/m0/s1.